The maximum absolute atomic E-state index is 12.5. The second kappa shape index (κ2) is 5.61. The summed E-state index contributed by atoms with van der Waals surface area (Å²) in [7, 11) is 0. The van der Waals surface area contributed by atoms with E-state index < -0.39 is 6.55 Å². The summed E-state index contributed by atoms with van der Waals surface area (Å²) < 4.78 is 33.0. The Labute approximate surface area is 103 Å². The molecule has 2 heterocycles. The first-order valence-electron chi connectivity index (χ1n) is 5.66. The second-order valence-electron chi connectivity index (χ2n) is 3.76. The van der Waals surface area contributed by atoms with Crippen LogP contribution in [-0.4, -0.2) is 19.3 Å². The zero-order chi connectivity index (χ0) is 13.0. The summed E-state index contributed by atoms with van der Waals surface area (Å²) in [5, 5.41) is 4.08. The minimum atomic E-state index is -2.60. The van der Waals surface area contributed by atoms with Crippen molar-refractivity contribution in [3.63, 3.8) is 0 Å². The summed E-state index contributed by atoms with van der Waals surface area (Å²) in [4.78, 5) is 3.83. The average molecular weight is 256 g/mol. The van der Waals surface area contributed by atoms with E-state index in [-0.39, 0.29) is 12.4 Å². The molecule has 0 aliphatic heterocycles. The molecule has 0 aliphatic rings. The van der Waals surface area contributed by atoms with Crippen molar-refractivity contribution >= 4 is 0 Å². The third-order valence-electron chi connectivity index (χ3n) is 2.39. The predicted molar refractivity (Wildman–Crippen MR) is 60.3 cm³/mol. The molecule has 0 fully saturated rings. The Hall–Kier alpha value is -1.92. The summed E-state index contributed by atoms with van der Waals surface area (Å²) in [6.07, 6.45) is 6.82. The summed E-state index contributed by atoms with van der Waals surface area (Å²) in [5.41, 5.74) is 0. The first-order valence-corrected chi connectivity index (χ1v) is 5.66. The second-order valence-corrected chi connectivity index (χ2v) is 3.76. The van der Waals surface area contributed by atoms with Crippen LogP contribution in [0.25, 0.3) is 0 Å². The zero-order valence-corrected chi connectivity index (χ0v) is 9.96. The first-order chi connectivity index (χ1) is 8.70. The fourth-order valence-corrected chi connectivity index (χ4v) is 1.55. The SMILES string of the molecule is CCCn1cc(OCc2nccn2C(F)F)cn1. The van der Waals surface area contributed by atoms with E-state index in [9.17, 15) is 8.78 Å². The van der Waals surface area contributed by atoms with Gasteiger partial charge in [-0.25, -0.2) is 4.98 Å². The van der Waals surface area contributed by atoms with Crippen molar-refractivity contribution in [2.75, 3.05) is 0 Å². The van der Waals surface area contributed by atoms with Gasteiger partial charge in [-0.1, -0.05) is 6.92 Å². The molecule has 0 saturated carbocycles. The molecular weight excluding hydrogens is 242 g/mol. The molecule has 0 spiro atoms. The van der Waals surface area contributed by atoms with Crippen molar-refractivity contribution < 1.29 is 13.5 Å². The molecule has 0 atom stereocenters. The van der Waals surface area contributed by atoms with Gasteiger partial charge < -0.3 is 4.74 Å². The Morgan fingerprint density at radius 3 is 3.00 bits per heavy atom. The van der Waals surface area contributed by atoms with Crippen molar-refractivity contribution in [2.24, 2.45) is 0 Å². The summed E-state index contributed by atoms with van der Waals surface area (Å²) in [6.45, 7) is 0.236. The molecule has 0 bridgehead atoms. The molecule has 0 unspecified atom stereocenters. The lowest BCUT2D eigenvalue weighted by molar-refractivity contribution is 0.0632. The van der Waals surface area contributed by atoms with Gasteiger partial charge in [0.05, 0.1) is 12.4 Å². The quantitative estimate of drug-likeness (QED) is 0.797. The van der Waals surface area contributed by atoms with Crippen molar-refractivity contribution in [3.05, 3.63) is 30.6 Å². The van der Waals surface area contributed by atoms with E-state index >= 15 is 0 Å². The smallest absolute Gasteiger partial charge is 0.320 e. The molecule has 2 aromatic rings. The molecule has 18 heavy (non-hydrogen) atoms. The molecule has 0 amide bonds. The standard InChI is InChI=1S/C11H14F2N4O/c1-2-4-16-7-9(6-15-16)18-8-10-14-3-5-17(10)11(12)13/h3,5-7,11H,2,4,8H2,1H3. The zero-order valence-electron chi connectivity index (χ0n) is 9.96. The highest BCUT2D eigenvalue weighted by Gasteiger charge is 2.11. The van der Waals surface area contributed by atoms with Gasteiger partial charge in [0.1, 0.15) is 6.61 Å². The van der Waals surface area contributed by atoms with Crippen molar-refractivity contribution in [1.82, 2.24) is 19.3 Å². The van der Waals surface area contributed by atoms with Gasteiger partial charge in [-0.05, 0) is 6.42 Å². The number of aryl methyl sites for hydroxylation is 1. The molecule has 0 aliphatic carbocycles. The fourth-order valence-electron chi connectivity index (χ4n) is 1.55. The maximum Gasteiger partial charge on any atom is 0.320 e. The van der Waals surface area contributed by atoms with Gasteiger partial charge in [-0.15, -0.1) is 0 Å². The van der Waals surface area contributed by atoms with Crippen molar-refractivity contribution in [1.29, 1.82) is 0 Å². The number of nitrogens with zero attached hydrogens (tertiary/aromatic N) is 4. The van der Waals surface area contributed by atoms with Gasteiger partial charge in [-0.2, -0.15) is 13.9 Å². The molecular formula is C11H14F2N4O. The molecule has 2 rings (SSSR count). The highest BCUT2D eigenvalue weighted by molar-refractivity contribution is 5.12. The molecule has 7 heteroatoms. The first kappa shape index (κ1) is 12.5. The third-order valence-corrected chi connectivity index (χ3v) is 2.39. The van der Waals surface area contributed by atoms with Crippen LogP contribution in [0, 0.1) is 0 Å². The van der Waals surface area contributed by atoms with Gasteiger partial charge in [0, 0.05) is 18.9 Å². The van der Waals surface area contributed by atoms with Gasteiger partial charge >= 0.3 is 6.55 Å². The molecule has 0 saturated heterocycles. The number of ether oxygens (including phenoxy) is 1. The van der Waals surface area contributed by atoms with Crippen LogP contribution in [0.15, 0.2) is 24.8 Å². The number of hydrogen-bond acceptors (Lipinski definition) is 3. The maximum atomic E-state index is 12.5. The fraction of sp³-hybridized carbons (Fsp3) is 0.455. The number of hydrogen-bond donors (Lipinski definition) is 0. The molecule has 0 aromatic carbocycles. The van der Waals surface area contributed by atoms with Crippen LogP contribution in [0.4, 0.5) is 8.78 Å². The van der Waals surface area contributed by atoms with E-state index in [0.29, 0.717) is 5.75 Å². The number of rotatable bonds is 6. The van der Waals surface area contributed by atoms with E-state index in [4.69, 9.17) is 4.74 Å². The monoisotopic (exact) mass is 256 g/mol. The van der Waals surface area contributed by atoms with Crippen molar-refractivity contribution in [3.8, 4) is 5.75 Å². The molecule has 0 radical (unpaired) electrons. The van der Waals surface area contributed by atoms with Crippen LogP contribution in [0.1, 0.15) is 25.7 Å². The Morgan fingerprint density at radius 2 is 2.28 bits per heavy atom. The van der Waals surface area contributed by atoms with Crippen LogP contribution in [-0.2, 0) is 13.2 Å². The Bertz CT molecular complexity index is 495. The average Bonchev–Trinajstić information content (AvgIpc) is 2.95. The van der Waals surface area contributed by atoms with Gasteiger partial charge in [0.2, 0.25) is 0 Å². The van der Waals surface area contributed by atoms with Gasteiger partial charge in [0.25, 0.3) is 0 Å². The van der Waals surface area contributed by atoms with Crippen LogP contribution < -0.4 is 4.74 Å². The Morgan fingerprint density at radius 1 is 1.44 bits per heavy atom. The summed E-state index contributed by atoms with van der Waals surface area (Å²) >= 11 is 0. The molecule has 98 valence electrons. The predicted octanol–water partition coefficient (Wildman–Crippen LogP) is 2.46. The van der Waals surface area contributed by atoms with E-state index in [1.165, 1.54) is 12.4 Å². The minimum absolute atomic E-state index is 0.00480. The highest BCUT2D eigenvalue weighted by Crippen LogP contribution is 2.15. The van der Waals surface area contributed by atoms with E-state index in [2.05, 4.69) is 10.1 Å². The third kappa shape index (κ3) is 2.85. The summed E-state index contributed by atoms with van der Waals surface area (Å²) in [6, 6.07) is 0. The minimum Gasteiger partial charge on any atom is -0.482 e. The van der Waals surface area contributed by atoms with E-state index in [1.54, 1.807) is 17.1 Å². The van der Waals surface area contributed by atoms with Crippen LogP contribution >= 0.6 is 0 Å². The molecule has 2 aromatic heterocycles. The van der Waals surface area contributed by atoms with Crippen LogP contribution in [0.2, 0.25) is 0 Å². The number of aromatic nitrogens is 4. The lowest BCUT2D eigenvalue weighted by Gasteiger charge is -2.06. The number of imidazole rings is 1. The number of alkyl halides is 2. The Balaban J connectivity index is 1.96. The van der Waals surface area contributed by atoms with Crippen LogP contribution in [0.5, 0.6) is 5.75 Å². The normalized spacial score (nSPS) is 11.1. The van der Waals surface area contributed by atoms with Crippen LogP contribution in [0.3, 0.4) is 0 Å². The summed E-state index contributed by atoms with van der Waals surface area (Å²) in [5.74, 6) is 0.737. The lowest BCUT2D eigenvalue weighted by atomic mass is 10.5. The van der Waals surface area contributed by atoms with Gasteiger partial charge in [-0.3, -0.25) is 9.25 Å². The topological polar surface area (TPSA) is 44.9 Å². The van der Waals surface area contributed by atoms with Crippen molar-refractivity contribution in [2.45, 2.75) is 33.0 Å². The number of halogens is 2. The Kier molecular flexibility index (Phi) is 3.91. The largest absolute Gasteiger partial charge is 0.482 e. The lowest BCUT2D eigenvalue weighted by Crippen LogP contribution is -2.07. The van der Waals surface area contributed by atoms with E-state index in [1.807, 2.05) is 6.92 Å². The van der Waals surface area contributed by atoms with E-state index in [0.717, 1.165) is 17.5 Å². The molecule has 5 nitrogen and oxygen atoms in total. The molecule has 0 N–H and O–H groups in total. The van der Waals surface area contributed by atoms with Gasteiger partial charge in [0.15, 0.2) is 11.6 Å². The highest BCUT2D eigenvalue weighted by atomic mass is 19.3.